The van der Waals surface area contributed by atoms with E-state index in [2.05, 4.69) is 31.8 Å². The van der Waals surface area contributed by atoms with Crippen LogP contribution < -0.4 is 10.1 Å². The molecule has 2 aromatic carbocycles. The Hall–Kier alpha value is -2.55. The number of ether oxygens (including phenoxy) is 1. The Morgan fingerprint density at radius 2 is 1.95 bits per heavy atom. The van der Waals surface area contributed by atoms with E-state index in [0.717, 1.165) is 17.0 Å². The third kappa shape index (κ3) is 2.75. The number of fused-ring (bicyclic) bond motifs is 1. The lowest BCUT2D eigenvalue weighted by molar-refractivity contribution is 0.0957. The zero-order chi connectivity index (χ0) is 15.7. The highest BCUT2D eigenvalue weighted by Crippen LogP contribution is 2.32. The normalized spacial score (nSPS) is 13.8. The van der Waals surface area contributed by atoms with Gasteiger partial charge in [0.15, 0.2) is 0 Å². The average Bonchev–Trinajstić information content (AvgIpc) is 2.47. The molecule has 0 saturated heterocycles. The maximum Gasteiger partial charge on any atom is 0.259 e. The van der Waals surface area contributed by atoms with Crippen molar-refractivity contribution in [2.24, 2.45) is 0 Å². The van der Waals surface area contributed by atoms with E-state index in [1.807, 2.05) is 36.4 Å². The molecule has 0 aromatic heterocycles. The van der Waals surface area contributed by atoms with Gasteiger partial charge in [-0.2, -0.15) is 0 Å². The summed E-state index contributed by atoms with van der Waals surface area (Å²) in [5, 5.41) is 2.78. The maximum atomic E-state index is 12.2. The summed E-state index contributed by atoms with van der Waals surface area (Å²) in [7, 11) is 0. The molecule has 22 heavy (non-hydrogen) atoms. The standard InChI is InChI=1S/C19H19NO2/c1-12(2)14-6-4-8-16(11-14)22-17-9-5-7-15-10-13(3)20-19(21)18(15)17/h4-9,11-12H,3,10H2,1-2H3,(H,20,21). The molecule has 1 aliphatic rings. The van der Waals surface area contributed by atoms with Crippen molar-refractivity contribution in [1.29, 1.82) is 0 Å². The Morgan fingerprint density at radius 1 is 1.18 bits per heavy atom. The predicted octanol–water partition coefficient (Wildman–Crippen LogP) is 4.40. The van der Waals surface area contributed by atoms with E-state index >= 15 is 0 Å². The Kier molecular flexibility index (Phi) is 3.72. The van der Waals surface area contributed by atoms with E-state index in [-0.39, 0.29) is 5.91 Å². The third-order valence-electron chi connectivity index (χ3n) is 3.79. The molecule has 2 aromatic rings. The molecular weight excluding hydrogens is 274 g/mol. The fourth-order valence-electron chi connectivity index (χ4n) is 2.63. The molecule has 0 spiro atoms. The zero-order valence-electron chi connectivity index (χ0n) is 12.8. The molecule has 0 unspecified atom stereocenters. The Labute approximate surface area is 130 Å². The number of hydrogen-bond acceptors (Lipinski definition) is 2. The number of benzene rings is 2. The predicted molar refractivity (Wildman–Crippen MR) is 87.4 cm³/mol. The van der Waals surface area contributed by atoms with Crippen molar-refractivity contribution in [2.45, 2.75) is 26.2 Å². The lowest BCUT2D eigenvalue weighted by Gasteiger charge is -2.21. The smallest absolute Gasteiger partial charge is 0.259 e. The van der Waals surface area contributed by atoms with Crippen molar-refractivity contribution in [3.05, 3.63) is 71.4 Å². The summed E-state index contributed by atoms with van der Waals surface area (Å²) in [6.07, 6.45) is 0.643. The second-order valence-corrected chi connectivity index (χ2v) is 5.85. The van der Waals surface area contributed by atoms with Gasteiger partial charge < -0.3 is 10.1 Å². The van der Waals surface area contributed by atoms with E-state index in [9.17, 15) is 4.79 Å². The number of rotatable bonds is 3. The van der Waals surface area contributed by atoms with Crippen LogP contribution in [0, 0.1) is 0 Å². The molecule has 1 heterocycles. The van der Waals surface area contributed by atoms with Crippen LogP contribution in [0.4, 0.5) is 0 Å². The van der Waals surface area contributed by atoms with Gasteiger partial charge in [-0.3, -0.25) is 4.79 Å². The van der Waals surface area contributed by atoms with Gasteiger partial charge in [-0.25, -0.2) is 0 Å². The van der Waals surface area contributed by atoms with E-state index in [1.165, 1.54) is 5.56 Å². The number of hydrogen-bond donors (Lipinski definition) is 1. The topological polar surface area (TPSA) is 38.3 Å². The highest BCUT2D eigenvalue weighted by molar-refractivity contribution is 6.00. The third-order valence-corrected chi connectivity index (χ3v) is 3.79. The van der Waals surface area contributed by atoms with Gasteiger partial charge in [0.2, 0.25) is 0 Å². The summed E-state index contributed by atoms with van der Waals surface area (Å²) in [6.45, 7) is 8.12. The summed E-state index contributed by atoms with van der Waals surface area (Å²) in [6, 6.07) is 13.7. The second-order valence-electron chi connectivity index (χ2n) is 5.85. The highest BCUT2D eigenvalue weighted by Gasteiger charge is 2.23. The molecule has 3 heteroatoms. The monoisotopic (exact) mass is 293 g/mol. The van der Waals surface area contributed by atoms with Gasteiger partial charge in [0.05, 0.1) is 5.56 Å². The minimum atomic E-state index is -0.151. The SMILES string of the molecule is C=C1Cc2cccc(Oc3cccc(C(C)C)c3)c2C(=O)N1. The van der Waals surface area contributed by atoms with Crippen LogP contribution in [0.3, 0.4) is 0 Å². The van der Waals surface area contributed by atoms with Crippen LogP contribution in [0.2, 0.25) is 0 Å². The van der Waals surface area contributed by atoms with Gasteiger partial charge >= 0.3 is 0 Å². The quantitative estimate of drug-likeness (QED) is 0.910. The molecule has 1 amide bonds. The molecular formula is C19H19NO2. The Bertz CT molecular complexity index is 747. The summed E-state index contributed by atoms with van der Waals surface area (Å²) < 4.78 is 5.98. The number of nitrogens with one attached hydrogen (secondary N) is 1. The van der Waals surface area contributed by atoms with Gasteiger partial charge in [-0.05, 0) is 35.2 Å². The van der Waals surface area contributed by atoms with Crippen LogP contribution in [0.1, 0.15) is 41.3 Å². The number of allylic oxidation sites excluding steroid dienone is 1. The van der Waals surface area contributed by atoms with Gasteiger partial charge in [0.1, 0.15) is 11.5 Å². The first-order valence-corrected chi connectivity index (χ1v) is 7.43. The molecule has 0 aliphatic carbocycles. The van der Waals surface area contributed by atoms with Crippen molar-refractivity contribution >= 4 is 5.91 Å². The van der Waals surface area contributed by atoms with Crippen LogP contribution in [0.25, 0.3) is 0 Å². The van der Waals surface area contributed by atoms with Crippen molar-refractivity contribution in [3.8, 4) is 11.5 Å². The van der Waals surface area contributed by atoms with E-state index in [4.69, 9.17) is 4.74 Å². The molecule has 1 aliphatic heterocycles. The fourth-order valence-corrected chi connectivity index (χ4v) is 2.63. The molecule has 0 saturated carbocycles. The molecule has 0 bridgehead atoms. The number of carbonyl (C=O) groups is 1. The van der Waals surface area contributed by atoms with Gasteiger partial charge in [-0.1, -0.05) is 44.7 Å². The first kappa shape index (κ1) is 14.4. The molecule has 1 N–H and O–H groups in total. The van der Waals surface area contributed by atoms with Crippen molar-refractivity contribution < 1.29 is 9.53 Å². The largest absolute Gasteiger partial charge is 0.457 e. The molecule has 0 radical (unpaired) electrons. The van der Waals surface area contributed by atoms with Crippen LogP contribution in [0.15, 0.2) is 54.7 Å². The number of amides is 1. The lowest BCUT2D eigenvalue weighted by Crippen LogP contribution is -2.29. The van der Waals surface area contributed by atoms with E-state index < -0.39 is 0 Å². The first-order chi connectivity index (χ1) is 10.5. The van der Waals surface area contributed by atoms with Gasteiger partial charge in [0, 0.05) is 12.1 Å². The lowest BCUT2D eigenvalue weighted by atomic mass is 9.98. The average molecular weight is 293 g/mol. The molecule has 0 atom stereocenters. The summed E-state index contributed by atoms with van der Waals surface area (Å²) in [5.41, 5.74) is 3.48. The van der Waals surface area contributed by atoms with E-state index in [1.54, 1.807) is 0 Å². The van der Waals surface area contributed by atoms with E-state index in [0.29, 0.717) is 23.7 Å². The Morgan fingerprint density at radius 3 is 2.73 bits per heavy atom. The van der Waals surface area contributed by atoms with Crippen LogP contribution in [-0.4, -0.2) is 5.91 Å². The number of carbonyl (C=O) groups excluding carboxylic acids is 1. The molecule has 3 rings (SSSR count). The minimum absolute atomic E-state index is 0.151. The molecule has 112 valence electrons. The fraction of sp³-hybridized carbons (Fsp3) is 0.211. The molecule has 0 fully saturated rings. The second kappa shape index (κ2) is 5.68. The summed E-state index contributed by atoms with van der Waals surface area (Å²) >= 11 is 0. The van der Waals surface area contributed by atoms with Crippen LogP contribution >= 0.6 is 0 Å². The summed E-state index contributed by atoms with van der Waals surface area (Å²) in [4.78, 5) is 12.2. The summed E-state index contributed by atoms with van der Waals surface area (Å²) in [5.74, 6) is 1.61. The van der Waals surface area contributed by atoms with Crippen molar-refractivity contribution in [2.75, 3.05) is 0 Å². The highest BCUT2D eigenvalue weighted by atomic mass is 16.5. The van der Waals surface area contributed by atoms with Crippen LogP contribution in [0.5, 0.6) is 11.5 Å². The van der Waals surface area contributed by atoms with Crippen LogP contribution in [-0.2, 0) is 6.42 Å². The Balaban J connectivity index is 1.97. The zero-order valence-corrected chi connectivity index (χ0v) is 12.8. The minimum Gasteiger partial charge on any atom is -0.457 e. The van der Waals surface area contributed by atoms with Gasteiger partial charge in [-0.15, -0.1) is 0 Å². The maximum absolute atomic E-state index is 12.2. The first-order valence-electron chi connectivity index (χ1n) is 7.43. The van der Waals surface area contributed by atoms with Crippen molar-refractivity contribution in [1.82, 2.24) is 5.32 Å². The van der Waals surface area contributed by atoms with Crippen molar-refractivity contribution in [3.63, 3.8) is 0 Å². The molecule has 3 nitrogen and oxygen atoms in total. The van der Waals surface area contributed by atoms with Gasteiger partial charge in [0.25, 0.3) is 5.91 Å².